The van der Waals surface area contributed by atoms with Crippen molar-refractivity contribution >= 4 is 47.0 Å². The van der Waals surface area contributed by atoms with Gasteiger partial charge in [0.2, 0.25) is 0 Å². The van der Waals surface area contributed by atoms with Gasteiger partial charge in [0.1, 0.15) is 0 Å². The molecule has 1 aliphatic heterocycles. The maximum Gasteiger partial charge on any atom is 0.193 e. The lowest BCUT2D eigenvalue weighted by atomic mass is 9.88. The highest BCUT2D eigenvalue weighted by molar-refractivity contribution is 14.0. The highest BCUT2D eigenvalue weighted by Crippen LogP contribution is 2.37. The highest BCUT2D eigenvalue weighted by atomic mass is 127. The average molecular weight is 484 g/mol. The number of benzene rings is 1. The van der Waals surface area contributed by atoms with Gasteiger partial charge in [-0.2, -0.15) is 0 Å². The average Bonchev–Trinajstić information content (AvgIpc) is 3.14. The van der Waals surface area contributed by atoms with E-state index in [1.807, 2.05) is 17.4 Å². The molecule has 2 atom stereocenters. The molecule has 0 aliphatic carbocycles. The van der Waals surface area contributed by atoms with Gasteiger partial charge in [0.05, 0.1) is 0 Å². The molecule has 0 amide bonds. The van der Waals surface area contributed by atoms with Crippen molar-refractivity contribution in [2.45, 2.75) is 32.2 Å². The second-order valence-electron chi connectivity index (χ2n) is 6.75. The molecule has 3 N–H and O–H groups in total. The van der Waals surface area contributed by atoms with Crippen molar-refractivity contribution in [1.29, 1.82) is 0 Å². The van der Waals surface area contributed by atoms with E-state index >= 15 is 0 Å². The summed E-state index contributed by atoms with van der Waals surface area (Å²) in [6, 6.07) is 13.2. The lowest BCUT2D eigenvalue weighted by Crippen LogP contribution is -2.37. The number of likely N-dealkylation sites (tertiary alicyclic amines) is 1. The number of piperidine rings is 1. The number of halogens is 1. The third kappa shape index (κ3) is 5.44. The lowest BCUT2D eigenvalue weighted by molar-refractivity contribution is 0.128. The predicted molar refractivity (Wildman–Crippen MR) is 124 cm³/mol. The van der Waals surface area contributed by atoms with E-state index in [2.05, 4.69) is 64.9 Å². The Labute approximate surface area is 177 Å². The molecule has 0 radical (unpaired) electrons. The van der Waals surface area contributed by atoms with Crippen LogP contribution in [0.2, 0.25) is 0 Å². The number of nitrogens with zero attached hydrogens (tertiary/aromatic N) is 2. The molecule has 2 heterocycles. The Morgan fingerprint density at radius 2 is 2.19 bits per heavy atom. The lowest BCUT2D eigenvalue weighted by Gasteiger charge is -2.38. The minimum absolute atomic E-state index is 0. The zero-order valence-corrected chi connectivity index (χ0v) is 18.7. The summed E-state index contributed by atoms with van der Waals surface area (Å²) < 4.78 is 0. The molecule has 0 saturated carbocycles. The van der Waals surface area contributed by atoms with Crippen LogP contribution in [0, 0.1) is 5.92 Å². The van der Waals surface area contributed by atoms with Crippen molar-refractivity contribution in [3.8, 4) is 0 Å². The zero-order chi connectivity index (χ0) is 17.6. The van der Waals surface area contributed by atoms with Crippen molar-refractivity contribution in [2.24, 2.45) is 16.6 Å². The molecule has 1 saturated heterocycles. The van der Waals surface area contributed by atoms with Gasteiger partial charge in [0.15, 0.2) is 5.96 Å². The Hall–Kier alpha value is -1.12. The number of aryl methyl sites for hydroxylation is 1. The van der Waals surface area contributed by atoms with Crippen LogP contribution < -0.4 is 11.1 Å². The van der Waals surface area contributed by atoms with Gasteiger partial charge >= 0.3 is 0 Å². The molecule has 2 unspecified atom stereocenters. The fraction of sp³-hybridized carbons (Fsp3) is 0.450. The Morgan fingerprint density at radius 3 is 2.92 bits per heavy atom. The first-order valence-electron chi connectivity index (χ1n) is 9.07. The minimum atomic E-state index is 0. The van der Waals surface area contributed by atoms with Gasteiger partial charge in [-0.3, -0.25) is 9.89 Å². The SMILES string of the molecule is CCc1cccc(NC(N)=NCC2CCCN(C)C2c2cccs2)c1.I. The van der Waals surface area contributed by atoms with E-state index in [1.54, 1.807) is 0 Å². The fourth-order valence-corrected chi connectivity index (χ4v) is 4.62. The van der Waals surface area contributed by atoms with Crippen molar-refractivity contribution in [3.05, 3.63) is 52.2 Å². The molecule has 1 fully saturated rings. The van der Waals surface area contributed by atoms with Crippen LogP contribution in [-0.2, 0) is 6.42 Å². The number of nitrogens with two attached hydrogens (primary N) is 1. The Balaban J connectivity index is 0.00000243. The third-order valence-corrected chi connectivity index (χ3v) is 5.89. The van der Waals surface area contributed by atoms with Crippen LogP contribution in [0.5, 0.6) is 0 Å². The summed E-state index contributed by atoms with van der Waals surface area (Å²) in [6.45, 7) is 4.07. The molecular weight excluding hydrogens is 455 g/mol. The van der Waals surface area contributed by atoms with Gasteiger partial charge < -0.3 is 11.1 Å². The van der Waals surface area contributed by atoms with Gasteiger partial charge in [-0.25, -0.2) is 0 Å². The van der Waals surface area contributed by atoms with Crippen LogP contribution in [0.25, 0.3) is 0 Å². The van der Waals surface area contributed by atoms with E-state index < -0.39 is 0 Å². The van der Waals surface area contributed by atoms with Crippen molar-refractivity contribution in [3.63, 3.8) is 0 Å². The van der Waals surface area contributed by atoms with E-state index in [4.69, 9.17) is 5.73 Å². The topological polar surface area (TPSA) is 53.6 Å². The fourth-order valence-electron chi connectivity index (χ4n) is 3.63. The summed E-state index contributed by atoms with van der Waals surface area (Å²) in [6.07, 6.45) is 3.45. The van der Waals surface area contributed by atoms with Gasteiger partial charge in [-0.05, 0) is 67.9 Å². The second kappa shape index (κ2) is 10.3. The number of anilines is 1. The van der Waals surface area contributed by atoms with Crippen LogP contribution in [0.4, 0.5) is 5.69 Å². The smallest absolute Gasteiger partial charge is 0.193 e. The quantitative estimate of drug-likeness (QED) is 0.366. The third-order valence-electron chi connectivity index (χ3n) is 4.95. The maximum atomic E-state index is 6.14. The predicted octanol–water partition coefficient (Wildman–Crippen LogP) is 4.74. The summed E-state index contributed by atoms with van der Waals surface area (Å²) in [4.78, 5) is 8.55. The summed E-state index contributed by atoms with van der Waals surface area (Å²) in [5, 5.41) is 5.40. The van der Waals surface area contributed by atoms with Crippen molar-refractivity contribution < 1.29 is 0 Å². The molecule has 1 aliphatic rings. The molecule has 3 rings (SSSR count). The summed E-state index contributed by atoms with van der Waals surface area (Å²) >= 11 is 1.84. The van der Waals surface area contributed by atoms with Gasteiger partial charge in [-0.15, -0.1) is 35.3 Å². The molecule has 4 nitrogen and oxygen atoms in total. The van der Waals surface area contributed by atoms with Crippen LogP contribution in [0.3, 0.4) is 0 Å². The molecule has 0 spiro atoms. The standard InChI is InChI=1S/C20H28N4S.HI/c1-3-15-7-4-9-17(13-15)23-20(21)22-14-16-8-5-11-24(2)19(16)18-10-6-12-25-18;/h4,6-7,9-10,12-13,16,19H,3,5,8,11,14H2,1-2H3,(H3,21,22,23);1H. The van der Waals surface area contributed by atoms with Crippen LogP contribution in [-0.4, -0.2) is 31.0 Å². The number of hydrogen-bond acceptors (Lipinski definition) is 3. The molecular formula is C20H29IN4S. The monoisotopic (exact) mass is 484 g/mol. The molecule has 6 heteroatoms. The van der Waals surface area contributed by atoms with Crippen molar-refractivity contribution in [2.75, 3.05) is 25.5 Å². The van der Waals surface area contributed by atoms with E-state index in [9.17, 15) is 0 Å². The van der Waals surface area contributed by atoms with Crippen LogP contribution >= 0.6 is 35.3 Å². The van der Waals surface area contributed by atoms with Gasteiger partial charge in [0.25, 0.3) is 0 Å². The number of rotatable bonds is 5. The highest BCUT2D eigenvalue weighted by Gasteiger charge is 2.30. The van der Waals surface area contributed by atoms with E-state index in [1.165, 1.54) is 23.3 Å². The van der Waals surface area contributed by atoms with Gasteiger partial charge in [-0.1, -0.05) is 25.1 Å². The normalized spacial score (nSPS) is 21.2. The molecule has 1 aromatic carbocycles. The number of aliphatic imine (C=N–C) groups is 1. The zero-order valence-electron chi connectivity index (χ0n) is 15.5. The van der Waals surface area contributed by atoms with E-state index in [-0.39, 0.29) is 24.0 Å². The Morgan fingerprint density at radius 1 is 1.35 bits per heavy atom. The maximum absolute atomic E-state index is 6.14. The first kappa shape index (κ1) is 21.2. The molecule has 142 valence electrons. The first-order chi connectivity index (χ1) is 12.2. The summed E-state index contributed by atoms with van der Waals surface area (Å²) in [7, 11) is 2.22. The number of nitrogens with one attached hydrogen (secondary N) is 1. The van der Waals surface area contributed by atoms with Crippen molar-refractivity contribution in [1.82, 2.24) is 4.90 Å². The summed E-state index contributed by atoms with van der Waals surface area (Å²) in [5.74, 6) is 1.02. The molecule has 1 aromatic heterocycles. The molecule has 2 aromatic rings. The first-order valence-corrected chi connectivity index (χ1v) is 9.95. The Kier molecular flexibility index (Phi) is 8.37. The minimum Gasteiger partial charge on any atom is -0.370 e. The molecule has 26 heavy (non-hydrogen) atoms. The number of guanidine groups is 1. The number of hydrogen-bond donors (Lipinski definition) is 2. The van der Waals surface area contributed by atoms with Gasteiger partial charge in [0, 0.05) is 23.2 Å². The van der Waals surface area contributed by atoms with Crippen LogP contribution in [0.1, 0.15) is 36.2 Å². The molecule has 0 bridgehead atoms. The largest absolute Gasteiger partial charge is 0.370 e. The Bertz CT molecular complexity index is 702. The second-order valence-corrected chi connectivity index (χ2v) is 7.73. The van der Waals surface area contributed by atoms with Crippen LogP contribution in [0.15, 0.2) is 46.8 Å². The van der Waals surface area contributed by atoms with E-state index in [0.29, 0.717) is 17.9 Å². The summed E-state index contributed by atoms with van der Waals surface area (Å²) in [5.41, 5.74) is 8.45. The number of thiophene rings is 1. The van der Waals surface area contributed by atoms with E-state index in [0.717, 1.165) is 25.2 Å².